The Bertz CT molecular complexity index is 787. The first-order chi connectivity index (χ1) is 12.5. The zero-order valence-electron chi connectivity index (χ0n) is 15.4. The van der Waals surface area contributed by atoms with E-state index in [1.165, 1.54) is 0 Å². The van der Waals surface area contributed by atoms with Crippen LogP contribution in [0.3, 0.4) is 0 Å². The number of imide groups is 1. The van der Waals surface area contributed by atoms with Crippen molar-refractivity contribution in [3.05, 3.63) is 47.6 Å². The minimum absolute atomic E-state index is 0.0199. The number of carbonyl (C=O) groups excluding carboxylic acids is 2. The van der Waals surface area contributed by atoms with E-state index in [9.17, 15) is 9.59 Å². The van der Waals surface area contributed by atoms with Crippen molar-refractivity contribution in [1.82, 2.24) is 20.4 Å². The molecular weight excluding hydrogens is 332 g/mol. The molecule has 0 saturated carbocycles. The van der Waals surface area contributed by atoms with Crippen molar-refractivity contribution in [3.63, 3.8) is 0 Å². The average Bonchev–Trinajstić information content (AvgIpc) is 3.19. The Morgan fingerprint density at radius 1 is 1.23 bits per heavy atom. The van der Waals surface area contributed by atoms with Gasteiger partial charge in [0.05, 0.1) is 0 Å². The van der Waals surface area contributed by atoms with Gasteiger partial charge in [0.2, 0.25) is 5.89 Å². The predicted octanol–water partition coefficient (Wildman–Crippen LogP) is 3.02. The molecule has 1 aromatic carbocycles. The van der Waals surface area contributed by atoms with Gasteiger partial charge in [-0.05, 0) is 24.3 Å². The van der Waals surface area contributed by atoms with Gasteiger partial charge in [-0.25, -0.2) is 4.79 Å². The molecule has 2 heterocycles. The third kappa shape index (κ3) is 3.34. The third-order valence-electron chi connectivity index (χ3n) is 4.72. The molecule has 7 heteroatoms. The summed E-state index contributed by atoms with van der Waals surface area (Å²) >= 11 is 0. The lowest BCUT2D eigenvalue weighted by Crippen LogP contribution is -2.43. The van der Waals surface area contributed by atoms with Crippen LogP contribution in [0.2, 0.25) is 0 Å². The number of nitrogens with zero attached hydrogens (tertiary/aromatic N) is 3. The summed E-state index contributed by atoms with van der Waals surface area (Å²) in [7, 11) is 0. The Morgan fingerprint density at radius 3 is 2.62 bits per heavy atom. The standard InChI is InChI=1S/C19H24N4O3/c1-4-19(14-8-6-5-7-9-14)17(24)23(18(25)21-19)12-16-20-15(22-26-16)11-10-13(2)3/h5-9,13H,4,10-12H2,1-3H3,(H,21,25). The van der Waals surface area contributed by atoms with Crippen LogP contribution in [-0.2, 0) is 23.3 Å². The number of benzene rings is 1. The van der Waals surface area contributed by atoms with Gasteiger partial charge in [-0.1, -0.05) is 56.3 Å². The quantitative estimate of drug-likeness (QED) is 0.771. The van der Waals surface area contributed by atoms with Gasteiger partial charge in [0.25, 0.3) is 5.91 Å². The highest BCUT2D eigenvalue weighted by atomic mass is 16.5. The topological polar surface area (TPSA) is 88.3 Å². The van der Waals surface area contributed by atoms with Crippen molar-refractivity contribution in [2.24, 2.45) is 5.92 Å². The number of carbonyl (C=O) groups is 2. The number of hydrogen-bond acceptors (Lipinski definition) is 5. The molecule has 138 valence electrons. The van der Waals surface area contributed by atoms with Crippen LogP contribution in [0.5, 0.6) is 0 Å². The van der Waals surface area contributed by atoms with Crippen molar-refractivity contribution in [2.75, 3.05) is 0 Å². The molecule has 0 radical (unpaired) electrons. The van der Waals surface area contributed by atoms with Crippen LogP contribution < -0.4 is 5.32 Å². The molecule has 26 heavy (non-hydrogen) atoms. The van der Waals surface area contributed by atoms with E-state index in [4.69, 9.17) is 4.52 Å². The number of nitrogens with one attached hydrogen (secondary N) is 1. The van der Waals surface area contributed by atoms with E-state index in [1.54, 1.807) is 0 Å². The summed E-state index contributed by atoms with van der Waals surface area (Å²) in [5.41, 5.74) is -0.273. The van der Waals surface area contributed by atoms with Gasteiger partial charge in [0.1, 0.15) is 12.1 Å². The van der Waals surface area contributed by atoms with Gasteiger partial charge in [-0.3, -0.25) is 9.69 Å². The summed E-state index contributed by atoms with van der Waals surface area (Å²) in [4.78, 5) is 31.0. The number of urea groups is 1. The molecule has 1 saturated heterocycles. The van der Waals surface area contributed by atoms with Crippen molar-refractivity contribution < 1.29 is 14.1 Å². The maximum atomic E-state index is 13.0. The molecule has 2 aromatic rings. The van der Waals surface area contributed by atoms with E-state index in [0.29, 0.717) is 24.6 Å². The molecule has 0 aliphatic carbocycles. The molecule has 1 fully saturated rings. The zero-order valence-corrected chi connectivity index (χ0v) is 15.4. The molecule has 3 rings (SSSR count). The van der Waals surface area contributed by atoms with Crippen molar-refractivity contribution in [2.45, 2.75) is 52.1 Å². The summed E-state index contributed by atoms with van der Waals surface area (Å²) in [5.74, 6) is 1.12. The lowest BCUT2D eigenvalue weighted by molar-refractivity contribution is -0.132. The van der Waals surface area contributed by atoms with Crippen LogP contribution in [0.1, 0.15) is 50.9 Å². The molecule has 7 nitrogen and oxygen atoms in total. The summed E-state index contributed by atoms with van der Waals surface area (Å²) in [6.07, 6.45) is 2.13. The smallest absolute Gasteiger partial charge is 0.325 e. The second-order valence-corrected chi connectivity index (χ2v) is 6.98. The Hall–Kier alpha value is -2.70. The Morgan fingerprint density at radius 2 is 1.96 bits per heavy atom. The lowest BCUT2D eigenvalue weighted by Gasteiger charge is -2.25. The molecule has 0 bridgehead atoms. The molecule has 0 spiro atoms. The van der Waals surface area contributed by atoms with E-state index < -0.39 is 11.6 Å². The van der Waals surface area contributed by atoms with Gasteiger partial charge in [0.15, 0.2) is 5.82 Å². The SMILES string of the molecule is CCC1(c2ccccc2)NC(=O)N(Cc2nc(CCC(C)C)no2)C1=O. The van der Waals surface area contributed by atoms with Gasteiger partial charge in [-0.15, -0.1) is 0 Å². The average molecular weight is 356 g/mol. The minimum Gasteiger partial charge on any atom is -0.337 e. The fourth-order valence-corrected chi connectivity index (χ4v) is 3.14. The first kappa shape index (κ1) is 18.1. The van der Waals surface area contributed by atoms with Crippen molar-refractivity contribution in [1.29, 1.82) is 0 Å². The fourth-order valence-electron chi connectivity index (χ4n) is 3.14. The molecule has 1 aliphatic rings. The molecule has 1 aliphatic heterocycles. The number of aromatic nitrogens is 2. The lowest BCUT2D eigenvalue weighted by atomic mass is 9.87. The first-order valence-electron chi connectivity index (χ1n) is 8.97. The molecule has 1 N–H and O–H groups in total. The summed E-state index contributed by atoms with van der Waals surface area (Å²) in [6, 6.07) is 8.84. The molecule has 1 aromatic heterocycles. The number of hydrogen-bond donors (Lipinski definition) is 1. The minimum atomic E-state index is -1.04. The van der Waals surface area contributed by atoms with Crippen molar-refractivity contribution >= 4 is 11.9 Å². The van der Waals surface area contributed by atoms with Gasteiger partial charge >= 0.3 is 6.03 Å². The summed E-state index contributed by atoms with van der Waals surface area (Å²) < 4.78 is 5.23. The van der Waals surface area contributed by atoms with Crippen LogP contribution in [0.25, 0.3) is 0 Å². The number of rotatable bonds is 7. The largest absolute Gasteiger partial charge is 0.337 e. The summed E-state index contributed by atoms with van der Waals surface area (Å²) in [5, 5.41) is 6.79. The van der Waals surface area contributed by atoms with E-state index in [1.807, 2.05) is 37.3 Å². The van der Waals surface area contributed by atoms with Crippen molar-refractivity contribution in [3.8, 4) is 0 Å². The summed E-state index contributed by atoms with van der Waals surface area (Å²) in [6.45, 7) is 6.11. The normalized spacial score (nSPS) is 20.1. The second-order valence-electron chi connectivity index (χ2n) is 6.98. The molecule has 1 atom stereocenters. The van der Waals surface area contributed by atoms with Crippen LogP contribution >= 0.6 is 0 Å². The highest BCUT2D eigenvalue weighted by Gasteiger charge is 2.51. The van der Waals surface area contributed by atoms with E-state index in [2.05, 4.69) is 29.3 Å². The monoisotopic (exact) mass is 356 g/mol. The van der Waals surface area contributed by atoms with Crippen LogP contribution in [0, 0.1) is 5.92 Å². The Labute approximate surface area is 152 Å². The van der Waals surface area contributed by atoms with Gasteiger partial charge in [-0.2, -0.15) is 4.98 Å². The Kier molecular flexibility index (Phi) is 5.06. The molecule has 3 amide bonds. The van der Waals surface area contributed by atoms with E-state index in [-0.39, 0.29) is 18.3 Å². The van der Waals surface area contributed by atoms with Gasteiger partial charge < -0.3 is 9.84 Å². The molecule has 1 unspecified atom stereocenters. The van der Waals surface area contributed by atoms with E-state index >= 15 is 0 Å². The zero-order chi connectivity index (χ0) is 18.7. The highest BCUT2D eigenvalue weighted by Crippen LogP contribution is 2.32. The Balaban J connectivity index is 1.77. The maximum absolute atomic E-state index is 13.0. The van der Waals surface area contributed by atoms with Gasteiger partial charge in [0, 0.05) is 6.42 Å². The highest BCUT2D eigenvalue weighted by molar-refractivity contribution is 6.07. The second kappa shape index (κ2) is 7.27. The third-order valence-corrected chi connectivity index (χ3v) is 4.72. The fraction of sp³-hybridized carbons (Fsp3) is 0.474. The first-order valence-corrected chi connectivity index (χ1v) is 8.97. The predicted molar refractivity (Wildman–Crippen MR) is 94.9 cm³/mol. The van der Waals surface area contributed by atoms with Crippen LogP contribution in [-0.4, -0.2) is 27.0 Å². The molecular formula is C19H24N4O3. The van der Waals surface area contributed by atoms with Crippen LogP contribution in [0.4, 0.5) is 4.79 Å². The van der Waals surface area contributed by atoms with Crippen LogP contribution in [0.15, 0.2) is 34.9 Å². The van der Waals surface area contributed by atoms with E-state index in [0.717, 1.165) is 16.9 Å². The number of aryl methyl sites for hydroxylation is 1. The number of amides is 3. The maximum Gasteiger partial charge on any atom is 0.325 e.